The van der Waals surface area contributed by atoms with Crippen LogP contribution in [0, 0.1) is 0 Å². The van der Waals surface area contributed by atoms with Gasteiger partial charge >= 0.3 is 0 Å². The summed E-state index contributed by atoms with van der Waals surface area (Å²) in [5.74, 6) is 1.32. The Balaban J connectivity index is 1.35. The third-order valence-corrected chi connectivity index (χ3v) is 6.68. The average molecular weight is 628 g/mol. The molecule has 4 rings (SSSR count). The second kappa shape index (κ2) is 14.0. The molecule has 0 spiro atoms. The molecule has 0 bridgehead atoms. The number of hydrazone groups is 1. The Kier molecular flexibility index (Phi) is 10.3. The minimum atomic E-state index is -0.374. The van der Waals surface area contributed by atoms with Crippen LogP contribution >= 0.6 is 39.1 Å². The number of nitrogens with one attached hydrogen (secondary N) is 1. The molecule has 9 heteroatoms. The molecule has 0 aliphatic carbocycles. The molecule has 200 valence electrons. The number of hydrogen-bond donors (Lipinski definition) is 1. The van der Waals surface area contributed by atoms with Crippen LogP contribution < -0.4 is 19.6 Å². The van der Waals surface area contributed by atoms with Crippen LogP contribution in [0.15, 0.2) is 94.5 Å². The number of carbonyl (C=O) groups is 1. The molecule has 1 amide bonds. The number of nitrogens with zero attached hydrogens (tertiary/aromatic N) is 1. The van der Waals surface area contributed by atoms with E-state index in [2.05, 4.69) is 26.5 Å². The second-order valence-electron chi connectivity index (χ2n) is 8.28. The molecule has 4 aromatic rings. The van der Waals surface area contributed by atoms with Gasteiger partial charge in [0, 0.05) is 21.2 Å². The summed E-state index contributed by atoms with van der Waals surface area (Å²) >= 11 is 15.7. The number of carbonyl (C=O) groups excluding carboxylic acids is 1. The highest BCUT2D eigenvalue weighted by molar-refractivity contribution is 9.10. The van der Waals surface area contributed by atoms with Crippen LogP contribution in [-0.2, 0) is 13.2 Å². The van der Waals surface area contributed by atoms with Crippen molar-refractivity contribution in [1.82, 2.24) is 5.43 Å². The predicted molar refractivity (Wildman–Crippen MR) is 158 cm³/mol. The Labute approximate surface area is 245 Å². The smallest absolute Gasteiger partial charge is 0.271 e. The van der Waals surface area contributed by atoms with E-state index in [0.29, 0.717) is 46.1 Å². The molecule has 0 saturated heterocycles. The van der Waals surface area contributed by atoms with Crippen LogP contribution in [0.2, 0.25) is 10.0 Å². The normalized spacial score (nSPS) is 10.9. The van der Waals surface area contributed by atoms with Crippen LogP contribution in [0.25, 0.3) is 0 Å². The monoisotopic (exact) mass is 626 g/mol. The van der Waals surface area contributed by atoms with Gasteiger partial charge in [0.2, 0.25) is 0 Å². The first-order valence-corrected chi connectivity index (χ1v) is 13.6. The van der Waals surface area contributed by atoms with Crippen molar-refractivity contribution in [3.05, 3.63) is 122 Å². The van der Waals surface area contributed by atoms with E-state index in [1.165, 1.54) is 0 Å². The number of ether oxygens (including phenoxy) is 3. The first-order valence-electron chi connectivity index (χ1n) is 12.1. The molecule has 0 saturated carbocycles. The third kappa shape index (κ3) is 8.23. The number of amides is 1. The zero-order chi connectivity index (χ0) is 27.6. The fourth-order valence-corrected chi connectivity index (χ4v) is 4.48. The maximum absolute atomic E-state index is 12.7. The van der Waals surface area contributed by atoms with Gasteiger partial charge in [-0.3, -0.25) is 4.79 Å². The molecule has 0 heterocycles. The van der Waals surface area contributed by atoms with Crippen molar-refractivity contribution in [2.24, 2.45) is 5.10 Å². The molecule has 0 aromatic heterocycles. The molecular formula is C30H25BrCl2N2O4. The van der Waals surface area contributed by atoms with Crippen LogP contribution in [-0.4, -0.2) is 18.7 Å². The van der Waals surface area contributed by atoms with Gasteiger partial charge in [-0.2, -0.15) is 5.10 Å². The van der Waals surface area contributed by atoms with E-state index >= 15 is 0 Å². The van der Waals surface area contributed by atoms with Gasteiger partial charge in [-0.25, -0.2) is 5.43 Å². The van der Waals surface area contributed by atoms with Gasteiger partial charge in [0.25, 0.3) is 5.91 Å². The summed E-state index contributed by atoms with van der Waals surface area (Å²) < 4.78 is 18.2. The Morgan fingerprint density at radius 1 is 0.872 bits per heavy atom. The summed E-state index contributed by atoms with van der Waals surface area (Å²) in [5.41, 5.74) is 5.57. The standard InChI is InChI=1S/C30H25BrCl2N2O4/c1-2-37-29-15-22(10-13-28(29)38-18-20-6-4-3-5-7-20)30(36)35-34-17-21-8-12-27(25(31)14-21)39-19-23-9-11-24(32)16-26(23)33/h3-17H,2,18-19H2,1H3,(H,35,36)/b34-17+. The zero-order valence-corrected chi connectivity index (χ0v) is 24.1. The summed E-state index contributed by atoms with van der Waals surface area (Å²) in [6.07, 6.45) is 1.54. The Morgan fingerprint density at radius 2 is 1.64 bits per heavy atom. The molecule has 0 aliphatic rings. The van der Waals surface area contributed by atoms with Gasteiger partial charge in [-0.05, 0) is 82.5 Å². The first-order chi connectivity index (χ1) is 18.9. The Morgan fingerprint density at radius 3 is 2.38 bits per heavy atom. The predicted octanol–water partition coefficient (Wildman–Crippen LogP) is 8.08. The van der Waals surface area contributed by atoms with Gasteiger partial charge in [0.05, 0.1) is 17.3 Å². The van der Waals surface area contributed by atoms with Crippen molar-refractivity contribution < 1.29 is 19.0 Å². The lowest BCUT2D eigenvalue weighted by Gasteiger charge is -2.13. The van der Waals surface area contributed by atoms with Crippen LogP contribution in [0.1, 0.15) is 34.0 Å². The van der Waals surface area contributed by atoms with Crippen molar-refractivity contribution in [3.63, 3.8) is 0 Å². The van der Waals surface area contributed by atoms with Gasteiger partial charge in [-0.15, -0.1) is 0 Å². The number of halogens is 3. The molecule has 0 atom stereocenters. The number of benzene rings is 4. The lowest BCUT2D eigenvalue weighted by Crippen LogP contribution is -2.17. The molecule has 0 radical (unpaired) electrons. The van der Waals surface area contributed by atoms with Gasteiger partial charge in [0.15, 0.2) is 11.5 Å². The number of rotatable bonds is 11. The van der Waals surface area contributed by atoms with E-state index < -0.39 is 0 Å². The maximum Gasteiger partial charge on any atom is 0.271 e. The highest BCUT2D eigenvalue weighted by atomic mass is 79.9. The summed E-state index contributed by atoms with van der Waals surface area (Å²) in [7, 11) is 0. The average Bonchev–Trinajstić information content (AvgIpc) is 2.93. The lowest BCUT2D eigenvalue weighted by atomic mass is 10.2. The summed E-state index contributed by atoms with van der Waals surface area (Å²) in [6.45, 7) is 2.99. The highest BCUT2D eigenvalue weighted by Gasteiger charge is 2.12. The zero-order valence-electron chi connectivity index (χ0n) is 21.0. The lowest BCUT2D eigenvalue weighted by molar-refractivity contribution is 0.0954. The first kappa shape index (κ1) is 28.5. The van der Waals surface area contributed by atoms with Crippen molar-refractivity contribution in [2.45, 2.75) is 20.1 Å². The molecule has 6 nitrogen and oxygen atoms in total. The van der Waals surface area contributed by atoms with E-state index in [1.807, 2.05) is 55.5 Å². The number of hydrogen-bond acceptors (Lipinski definition) is 5. The van der Waals surface area contributed by atoms with E-state index in [1.54, 1.807) is 42.6 Å². The molecule has 0 fully saturated rings. The molecule has 0 aliphatic heterocycles. The Hall–Kier alpha value is -3.52. The largest absolute Gasteiger partial charge is 0.490 e. The van der Waals surface area contributed by atoms with E-state index in [4.69, 9.17) is 37.4 Å². The summed E-state index contributed by atoms with van der Waals surface area (Å²) in [5, 5.41) is 5.20. The van der Waals surface area contributed by atoms with Crippen molar-refractivity contribution in [2.75, 3.05) is 6.61 Å². The Bertz CT molecular complexity index is 1470. The van der Waals surface area contributed by atoms with Crippen molar-refractivity contribution in [1.29, 1.82) is 0 Å². The summed E-state index contributed by atoms with van der Waals surface area (Å²) in [4.78, 5) is 12.7. The van der Waals surface area contributed by atoms with E-state index in [0.717, 1.165) is 21.2 Å². The minimum absolute atomic E-state index is 0.290. The van der Waals surface area contributed by atoms with Crippen molar-refractivity contribution in [3.8, 4) is 17.2 Å². The van der Waals surface area contributed by atoms with E-state index in [-0.39, 0.29) is 12.5 Å². The quantitative estimate of drug-likeness (QED) is 0.135. The molecule has 1 N–H and O–H groups in total. The van der Waals surface area contributed by atoms with Gasteiger partial charge in [-0.1, -0.05) is 59.6 Å². The third-order valence-electron chi connectivity index (χ3n) is 5.48. The molecule has 0 unspecified atom stereocenters. The van der Waals surface area contributed by atoms with Crippen LogP contribution in [0.4, 0.5) is 0 Å². The molecular weight excluding hydrogens is 603 g/mol. The minimum Gasteiger partial charge on any atom is -0.490 e. The van der Waals surface area contributed by atoms with Gasteiger partial charge in [0.1, 0.15) is 19.0 Å². The topological polar surface area (TPSA) is 69.2 Å². The maximum atomic E-state index is 12.7. The summed E-state index contributed by atoms with van der Waals surface area (Å²) in [6, 6.07) is 25.6. The molecule has 4 aromatic carbocycles. The van der Waals surface area contributed by atoms with Crippen LogP contribution in [0.3, 0.4) is 0 Å². The van der Waals surface area contributed by atoms with E-state index in [9.17, 15) is 4.79 Å². The highest BCUT2D eigenvalue weighted by Crippen LogP contribution is 2.30. The van der Waals surface area contributed by atoms with Gasteiger partial charge < -0.3 is 14.2 Å². The van der Waals surface area contributed by atoms with Crippen LogP contribution in [0.5, 0.6) is 17.2 Å². The second-order valence-corrected chi connectivity index (χ2v) is 9.98. The molecule has 39 heavy (non-hydrogen) atoms. The fraction of sp³-hybridized carbons (Fsp3) is 0.133. The van der Waals surface area contributed by atoms with Crippen molar-refractivity contribution >= 4 is 51.3 Å². The SMILES string of the molecule is CCOc1cc(C(=O)N/N=C/c2ccc(OCc3ccc(Cl)cc3Cl)c(Br)c2)ccc1OCc1ccccc1. The fourth-order valence-electron chi connectivity index (χ4n) is 3.51.